The van der Waals surface area contributed by atoms with Crippen molar-refractivity contribution in [2.45, 2.75) is 25.3 Å². The summed E-state index contributed by atoms with van der Waals surface area (Å²) in [5.74, 6) is -0.0845. The van der Waals surface area contributed by atoms with E-state index < -0.39 is 14.8 Å². The molecule has 1 heterocycles. The van der Waals surface area contributed by atoms with Gasteiger partial charge in [-0.3, -0.25) is 14.9 Å². The van der Waals surface area contributed by atoms with Crippen LogP contribution in [-0.4, -0.2) is 43.3 Å². The molecule has 0 radical (unpaired) electrons. The first kappa shape index (κ1) is 16.7. The number of amides is 1. The van der Waals surface area contributed by atoms with Crippen LogP contribution in [0.3, 0.4) is 0 Å². The van der Waals surface area contributed by atoms with Crippen molar-refractivity contribution in [3.05, 3.63) is 33.9 Å². The van der Waals surface area contributed by atoms with Gasteiger partial charge in [-0.2, -0.15) is 0 Å². The molecule has 2 aliphatic rings. The molecule has 130 valence electrons. The van der Waals surface area contributed by atoms with Gasteiger partial charge in [0.2, 0.25) is 0 Å². The summed E-state index contributed by atoms with van der Waals surface area (Å²) in [7, 11) is -2.98. The molecule has 24 heavy (non-hydrogen) atoms. The lowest BCUT2D eigenvalue weighted by atomic mass is 10.1. The molecule has 8 nitrogen and oxygen atoms in total. The maximum Gasteiger partial charge on any atom is 0.293 e. The molecule has 0 bridgehead atoms. The van der Waals surface area contributed by atoms with Crippen LogP contribution in [0.4, 0.5) is 11.4 Å². The van der Waals surface area contributed by atoms with Crippen molar-refractivity contribution in [2.24, 2.45) is 5.92 Å². The molecule has 0 spiro atoms. The summed E-state index contributed by atoms with van der Waals surface area (Å²) in [4.78, 5) is 22.7. The topological polar surface area (TPSA) is 118 Å². The number of nitrogens with zero attached hydrogens (tertiary/aromatic N) is 1. The zero-order valence-electron chi connectivity index (χ0n) is 13.0. The van der Waals surface area contributed by atoms with Gasteiger partial charge in [0, 0.05) is 24.2 Å². The van der Waals surface area contributed by atoms with Gasteiger partial charge in [-0.1, -0.05) is 0 Å². The molecule has 9 heteroatoms. The predicted octanol–water partition coefficient (Wildman–Crippen LogP) is 1.33. The number of benzene rings is 1. The Labute approximate surface area is 139 Å². The minimum atomic E-state index is -2.98. The van der Waals surface area contributed by atoms with Crippen LogP contribution in [0.2, 0.25) is 0 Å². The summed E-state index contributed by atoms with van der Waals surface area (Å²) in [6.07, 6.45) is 2.44. The molecule has 1 aliphatic heterocycles. The lowest BCUT2D eigenvalue weighted by Crippen LogP contribution is -2.25. The number of carbonyl (C=O) groups excluding carboxylic acids is 1. The molecule has 1 unspecified atom stereocenters. The van der Waals surface area contributed by atoms with Crippen molar-refractivity contribution >= 4 is 27.1 Å². The maximum atomic E-state index is 12.0. The molecule has 1 aromatic rings. The van der Waals surface area contributed by atoms with Crippen LogP contribution >= 0.6 is 0 Å². The Morgan fingerprint density at radius 2 is 2.04 bits per heavy atom. The van der Waals surface area contributed by atoms with E-state index in [9.17, 15) is 23.3 Å². The molecular weight excluding hydrogens is 334 g/mol. The Balaban J connectivity index is 1.70. The van der Waals surface area contributed by atoms with E-state index in [-0.39, 0.29) is 40.6 Å². The molecule has 3 rings (SSSR count). The number of carbonyl (C=O) groups is 1. The van der Waals surface area contributed by atoms with Crippen molar-refractivity contribution < 1.29 is 18.1 Å². The van der Waals surface area contributed by atoms with Crippen LogP contribution in [-0.2, 0) is 9.84 Å². The van der Waals surface area contributed by atoms with Crippen molar-refractivity contribution in [3.8, 4) is 0 Å². The summed E-state index contributed by atoms with van der Waals surface area (Å²) in [6.45, 7) is 0.355. The highest BCUT2D eigenvalue weighted by molar-refractivity contribution is 7.91. The van der Waals surface area contributed by atoms with Gasteiger partial charge in [0.25, 0.3) is 11.6 Å². The van der Waals surface area contributed by atoms with Crippen molar-refractivity contribution in [2.75, 3.05) is 23.4 Å². The van der Waals surface area contributed by atoms with Gasteiger partial charge in [0.05, 0.1) is 16.4 Å². The van der Waals surface area contributed by atoms with Gasteiger partial charge in [-0.15, -0.1) is 0 Å². The van der Waals surface area contributed by atoms with Gasteiger partial charge >= 0.3 is 0 Å². The number of nitrogens with one attached hydrogen (secondary N) is 2. The molecule has 1 amide bonds. The molecule has 1 atom stereocenters. The van der Waals surface area contributed by atoms with E-state index in [0.29, 0.717) is 18.7 Å². The van der Waals surface area contributed by atoms with E-state index in [1.807, 2.05) is 0 Å². The Morgan fingerprint density at radius 3 is 2.62 bits per heavy atom. The van der Waals surface area contributed by atoms with E-state index in [1.165, 1.54) is 12.1 Å². The molecule has 1 saturated heterocycles. The first-order valence-electron chi connectivity index (χ1n) is 7.88. The van der Waals surface area contributed by atoms with Gasteiger partial charge < -0.3 is 10.6 Å². The average molecular weight is 353 g/mol. The van der Waals surface area contributed by atoms with Gasteiger partial charge in [-0.25, -0.2) is 8.42 Å². The smallest absolute Gasteiger partial charge is 0.293 e. The predicted molar refractivity (Wildman–Crippen MR) is 88.8 cm³/mol. The highest BCUT2D eigenvalue weighted by atomic mass is 32.2. The lowest BCUT2D eigenvalue weighted by molar-refractivity contribution is -0.384. The average Bonchev–Trinajstić information content (AvgIpc) is 3.26. The van der Waals surface area contributed by atoms with Crippen molar-refractivity contribution in [1.29, 1.82) is 0 Å². The Kier molecular flexibility index (Phi) is 4.44. The van der Waals surface area contributed by atoms with Crippen molar-refractivity contribution in [3.63, 3.8) is 0 Å². The third-order valence-corrected chi connectivity index (χ3v) is 6.11. The largest absolute Gasteiger partial charge is 0.379 e. The number of hydrogen-bond donors (Lipinski definition) is 2. The van der Waals surface area contributed by atoms with E-state index in [2.05, 4.69) is 10.6 Å². The minimum absolute atomic E-state index is 0.0487. The lowest BCUT2D eigenvalue weighted by Gasteiger charge is -2.12. The second-order valence-electron chi connectivity index (χ2n) is 6.39. The summed E-state index contributed by atoms with van der Waals surface area (Å²) in [5.41, 5.74) is 0.370. The second-order valence-corrected chi connectivity index (χ2v) is 8.62. The van der Waals surface area contributed by atoms with Crippen LogP contribution in [0.15, 0.2) is 18.2 Å². The Morgan fingerprint density at radius 1 is 1.29 bits per heavy atom. The van der Waals surface area contributed by atoms with Gasteiger partial charge in [-0.05, 0) is 37.3 Å². The molecule has 1 aliphatic carbocycles. The second kappa shape index (κ2) is 6.39. The summed E-state index contributed by atoms with van der Waals surface area (Å²) < 4.78 is 22.9. The molecule has 0 aromatic heterocycles. The fourth-order valence-corrected chi connectivity index (χ4v) is 4.62. The highest BCUT2D eigenvalue weighted by Gasteiger charge is 2.29. The maximum absolute atomic E-state index is 12.0. The summed E-state index contributed by atoms with van der Waals surface area (Å²) in [5, 5.41) is 17.0. The molecular formula is C15H19N3O5S. The fraction of sp³-hybridized carbons (Fsp3) is 0.533. The number of hydrogen-bond acceptors (Lipinski definition) is 6. The van der Waals surface area contributed by atoms with E-state index >= 15 is 0 Å². The molecule has 2 N–H and O–H groups in total. The van der Waals surface area contributed by atoms with Crippen LogP contribution in [0, 0.1) is 16.0 Å². The van der Waals surface area contributed by atoms with Crippen LogP contribution in [0.5, 0.6) is 0 Å². The number of rotatable bonds is 6. The summed E-state index contributed by atoms with van der Waals surface area (Å²) in [6, 6.07) is 4.48. The van der Waals surface area contributed by atoms with E-state index in [4.69, 9.17) is 0 Å². The third-order valence-electron chi connectivity index (χ3n) is 4.28. The zero-order valence-corrected chi connectivity index (χ0v) is 13.8. The number of sulfone groups is 1. The Hall–Kier alpha value is -2.16. The SMILES string of the molecule is O=C(NC1CC1)c1ccc(NCC2CCS(=O)(=O)C2)c([N+](=O)[O-])c1. The Bertz CT molecular complexity index is 773. The standard InChI is InChI=1S/C15H19N3O5S/c19-15(17-12-2-3-12)11-1-4-13(14(7-11)18(20)21)16-8-10-5-6-24(22,23)9-10/h1,4,7,10,12,16H,2-3,5-6,8-9H2,(H,17,19). The molecule has 1 aromatic carbocycles. The zero-order chi connectivity index (χ0) is 17.3. The summed E-state index contributed by atoms with van der Waals surface area (Å²) >= 11 is 0. The minimum Gasteiger partial charge on any atom is -0.379 e. The number of nitro groups is 1. The first-order chi connectivity index (χ1) is 11.3. The van der Waals surface area contributed by atoms with Crippen LogP contribution in [0.1, 0.15) is 29.6 Å². The number of nitro benzene ring substituents is 1. The van der Waals surface area contributed by atoms with Gasteiger partial charge in [0.1, 0.15) is 5.69 Å². The van der Waals surface area contributed by atoms with Crippen LogP contribution < -0.4 is 10.6 Å². The number of anilines is 1. The fourth-order valence-electron chi connectivity index (χ4n) is 2.76. The molecule has 2 fully saturated rings. The van der Waals surface area contributed by atoms with Crippen molar-refractivity contribution in [1.82, 2.24) is 5.32 Å². The normalized spacial score (nSPS) is 22.1. The molecule has 1 saturated carbocycles. The van der Waals surface area contributed by atoms with Gasteiger partial charge in [0.15, 0.2) is 9.84 Å². The first-order valence-corrected chi connectivity index (χ1v) is 9.70. The highest BCUT2D eigenvalue weighted by Crippen LogP contribution is 2.28. The third kappa shape index (κ3) is 4.02. The monoisotopic (exact) mass is 353 g/mol. The quantitative estimate of drug-likeness (QED) is 0.588. The van der Waals surface area contributed by atoms with E-state index in [1.54, 1.807) is 6.07 Å². The van der Waals surface area contributed by atoms with Crippen LogP contribution in [0.25, 0.3) is 0 Å². The van der Waals surface area contributed by atoms with E-state index in [0.717, 1.165) is 12.8 Å².